The summed E-state index contributed by atoms with van der Waals surface area (Å²) in [5.74, 6) is -1.03. The summed E-state index contributed by atoms with van der Waals surface area (Å²) >= 11 is 6.78. The van der Waals surface area contributed by atoms with Crippen molar-refractivity contribution in [3.8, 4) is 11.3 Å². The Labute approximate surface area is 271 Å². The van der Waals surface area contributed by atoms with E-state index in [-0.39, 0.29) is 28.1 Å². The Morgan fingerprint density at radius 1 is 0.978 bits per heavy atom. The van der Waals surface area contributed by atoms with Crippen molar-refractivity contribution in [2.45, 2.75) is 45.9 Å². The van der Waals surface area contributed by atoms with Crippen LogP contribution in [-0.2, 0) is 40.0 Å². The van der Waals surface area contributed by atoms with Gasteiger partial charge in [0.15, 0.2) is 11.6 Å². The number of nitrogens with zero attached hydrogens (tertiary/aromatic N) is 7. The molecule has 0 fully saturated rings. The van der Waals surface area contributed by atoms with Crippen LogP contribution < -0.4 is 10.6 Å². The number of benzene rings is 1. The number of β-amino-alcohol motifs (C(OH)–C–C–N with tert-alkyl or cyclic N) is 1. The SMILES string of the molecule is Cc1c(NC(=O)c2nc3c(n2C)CCN(CC(C)O)C3)cc(F)cc1-c1nccc(NC(=O)c2nc3c(n2C)CCN(C)C3)c1Cl. The molecule has 4 aromatic rings. The predicted molar refractivity (Wildman–Crippen MR) is 172 cm³/mol. The van der Waals surface area contributed by atoms with E-state index in [0.717, 1.165) is 42.3 Å². The van der Waals surface area contributed by atoms with Crippen LogP contribution in [0.4, 0.5) is 15.8 Å². The first-order chi connectivity index (χ1) is 21.9. The molecule has 1 unspecified atom stereocenters. The average Bonchev–Trinajstić information content (AvgIpc) is 3.51. The fraction of sp³-hybridized carbons (Fsp3) is 0.406. The molecule has 0 saturated carbocycles. The van der Waals surface area contributed by atoms with Crippen LogP contribution in [0.5, 0.6) is 0 Å². The summed E-state index contributed by atoms with van der Waals surface area (Å²) in [4.78, 5) is 44.6. The number of aliphatic hydroxyl groups is 1. The van der Waals surface area contributed by atoms with Crippen LogP contribution in [0, 0.1) is 12.7 Å². The number of halogens is 2. The number of pyridine rings is 1. The van der Waals surface area contributed by atoms with Crippen LogP contribution >= 0.6 is 11.6 Å². The lowest BCUT2D eigenvalue weighted by molar-refractivity contribution is 0.100. The highest BCUT2D eigenvalue weighted by atomic mass is 35.5. The molecule has 14 heteroatoms. The molecule has 1 aromatic carbocycles. The molecule has 6 rings (SSSR count). The quantitative estimate of drug-likeness (QED) is 0.277. The molecular formula is C32H37ClFN9O3. The maximum absolute atomic E-state index is 15.1. The number of imidazole rings is 2. The van der Waals surface area contributed by atoms with Crippen molar-refractivity contribution in [1.82, 2.24) is 33.9 Å². The zero-order chi connectivity index (χ0) is 32.9. The third-order valence-corrected chi connectivity index (χ3v) is 9.11. The van der Waals surface area contributed by atoms with Gasteiger partial charge in [-0.2, -0.15) is 0 Å². The molecule has 3 N–H and O–H groups in total. The van der Waals surface area contributed by atoms with Gasteiger partial charge in [0.05, 0.1) is 33.9 Å². The van der Waals surface area contributed by atoms with E-state index in [4.69, 9.17) is 11.6 Å². The van der Waals surface area contributed by atoms with Gasteiger partial charge in [0.25, 0.3) is 11.8 Å². The number of likely N-dealkylation sites (N-methyl/N-ethyl adjacent to an activating group) is 1. The van der Waals surface area contributed by atoms with Crippen molar-refractivity contribution in [3.63, 3.8) is 0 Å². The minimum Gasteiger partial charge on any atom is -0.392 e. The molecule has 1 atom stereocenters. The Morgan fingerprint density at radius 3 is 2.24 bits per heavy atom. The number of rotatable bonds is 7. The molecule has 2 aliphatic heterocycles. The Kier molecular flexibility index (Phi) is 8.68. The molecule has 0 aliphatic carbocycles. The Balaban J connectivity index is 1.25. The Bertz CT molecular complexity index is 1850. The molecule has 2 aliphatic rings. The summed E-state index contributed by atoms with van der Waals surface area (Å²) in [5, 5.41) is 15.6. The number of fused-ring (bicyclic) bond motifs is 2. The fourth-order valence-corrected chi connectivity index (χ4v) is 6.58. The molecule has 12 nitrogen and oxygen atoms in total. The Hall–Kier alpha value is -4.17. The maximum atomic E-state index is 15.1. The minimum atomic E-state index is -0.598. The van der Waals surface area contributed by atoms with Gasteiger partial charge in [0, 0.05) is 88.5 Å². The second-order valence-electron chi connectivity index (χ2n) is 12.2. The van der Waals surface area contributed by atoms with E-state index in [9.17, 15) is 14.7 Å². The van der Waals surface area contributed by atoms with Crippen molar-refractivity contribution in [3.05, 3.63) is 75.2 Å². The lowest BCUT2D eigenvalue weighted by Gasteiger charge is -2.27. The first-order valence-corrected chi connectivity index (χ1v) is 15.5. The molecule has 5 heterocycles. The number of carbonyl (C=O) groups is 2. The van der Waals surface area contributed by atoms with E-state index < -0.39 is 23.7 Å². The molecule has 2 amide bonds. The van der Waals surface area contributed by atoms with Crippen molar-refractivity contribution in [1.29, 1.82) is 0 Å². The van der Waals surface area contributed by atoms with Gasteiger partial charge in [-0.3, -0.25) is 19.5 Å². The first-order valence-electron chi connectivity index (χ1n) is 15.2. The lowest BCUT2D eigenvalue weighted by Crippen LogP contribution is -2.36. The van der Waals surface area contributed by atoms with E-state index in [1.807, 2.05) is 18.7 Å². The largest absolute Gasteiger partial charge is 0.392 e. The third-order valence-electron chi connectivity index (χ3n) is 8.72. The number of aliphatic hydroxyl groups excluding tert-OH is 1. The van der Waals surface area contributed by atoms with Crippen molar-refractivity contribution >= 4 is 34.8 Å². The smallest absolute Gasteiger partial charge is 0.291 e. The van der Waals surface area contributed by atoms with E-state index in [2.05, 4.69) is 35.4 Å². The number of anilines is 2. The molecule has 46 heavy (non-hydrogen) atoms. The van der Waals surface area contributed by atoms with E-state index in [1.165, 1.54) is 18.3 Å². The zero-order valence-corrected chi connectivity index (χ0v) is 27.2. The molecule has 0 radical (unpaired) electrons. The van der Waals surface area contributed by atoms with Gasteiger partial charge < -0.3 is 29.8 Å². The molecule has 0 spiro atoms. The van der Waals surface area contributed by atoms with Crippen LogP contribution in [0.1, 0.15) is 56.5 Å². The van der Waals surface area contributed by atoms with Crippen LogP contribution in [0.2, 0.25) is 5.02 Å². The van der Waals surface area contributed by atoms with Gasteiger partial charge in [-0.15, -0.1) is 0 Å². The second kappa shape index (κ2) is 12.6. The summed E-state index contributed by atoms with van der Waals surface area (Å²) in [6.07, 6.45) is 2.51. The highest BCUT2D eigenvalue weighted by Gasteiger charge is 2.28. The molecular weight excluding hydrogens is 613 g/mol. The van der Waals surface area contributed by atoms with Gasteiger partial charge in [-0.25, -0.2) is 14.4 Å². The number of aromatic nitrogens is 5. The molecule has 242 valence electrons. The number of hydrogen-bond donors (Lipinski definition) is 3. The number of amides is 2. The van der Waals surface area contributed by atoms with E-state index >= 15 is 4.39 Å². The second-order valence-corrected chi connectivity index (χ2v) is 12.5. The summed E-state index contributed by atoms with van der Waals surface area (Å²) in [5.41, 5.74) is 5.32. The van der Waals surface area contributed by atoms with E-state index in [1.54, 1.807) is 31.5 Å². The summed E-state index contributed by atoms with van der Waals surface area (Å²) < 4.78 is 18.6. The highest BCUT2D eigenvalue weighted by molar-refractivity contribution is 6.36. The van der Waals surface area contributed by atoms with Crippen molar-refractivity contribution < 1.29 is 19.1 Å². The lowest BCUT2D eigenvalue weighted by atomic mass is 10.0. The van der Waals surface area contributed by atoms with E-state index in [0.29, 0.717) is 42.9 Å². The standard InChI is InChI=1S/C32H37ClFN9O3/c1-17(44)14-43-11-8-26-24(16-43)37-30(42(26)5)32(46)39-22-13-19(34)12-20(18(22)2)28-27(33)21(6-9-35-28)38-31(45)29-36-23-15-40(3)10-7-25(23)41(29)4/h6,9,12-13,17,44H,7-8,10-11,14-16H2,1-5H3,(H,39,46)(H,35,38,45). The van der Waals surface area contributed by atoms with Gasteiger partial charge >= 0.3 is 0 Å². The van der Waals surface area contributed by atoms with Crippen LogP contribution in [0.25, 0.3) is 11.3 Å². The molecule has 0 bridgehead atoms. The number of hydrogen-bond acceptors (Lipinski definition) is 8. The summed E-state index contributed by atoms with van der Waals surface area (Å²) in [7, 11) is 5.63. The van der Waals surface area contributed by atoms with Crippen molar-refractivity contribution in [2.75, 3.05) is 37.3 Å². The predicted octanol–water partition coefficient (Wildman–Crippen LogP) is 3.55. The first kappa shape index (κ1) is 31.8. The maximum Gasteiger partial charge on any atom is 0.291 e. The van der Waals surface area contributed by atoms with Gasteiger partial charge in [-0.1, -0.05) is 11.6 Å². The topological polar surface area (TPSA) is 133 Å². The summed E-state index contributed by atoms with van der Waals surface area (Å²) in [6.45, 7) is 6.83. The van der Waals surface area contributed by atoms with Crippen LogP contribution in [0.3, 0.4) is 0 Å². The normalized spacial score (nSPS) is 15.7. The van der Waals surface area contributed by atoms with Gasteiger partial charge in [0.1, 0.15) is 5.82 Å². The zero-order valence-electron chi connectivity index (χ0n) is 26.5. The molecule has 0 saturated heterocycles. The highest BCUT2D eigenvalue weighted by Crippen LogP contribution is 2.37. The number of nitrogens with one attached hydrogen (secondary N) is 2. The van der Waals surface area contributed by atoms with Gasteiger partial charge in [-0.05, 0) is 44.7 Å². The summed E-state index contributed by atoms with van der Waals surface area (Å²) in [6, 6.07) is 4.11. The number of carbonyl (C=O) groups excluding carboxylic acids is 2. The minimum absolute atomic E-state index is 0.124. The van der Waals surface area contributed by atoms with Crippen molar-refractivity contribution in [2.24, 2.45) is 14.1 Å². The fourth-order valence-electron chi connectivity index (χ4n) is 6.32. The average molecular weight is 650 g/mol. The van der Waals surface area contributed by atoms with Crippen LogP contribution in [0.15, 0.2) is 24.4 Å². The Morgan fingerprint density at radius 2 is 1.59 bits per heavy atom. The third kappa shape index (κ3) is 6.03. The molecule has 3 aromatic heterocycles. The van der Waals surface area contributed by atoms with Crippen LogP contribution in [-0.4, -0.2) is 83.6 Å². The van der Waals surface area contributed by atoms with Gasteiger partial charge in [0.2, 0.25) is 0 Å². The monoisotopic (exact) mass is 649 g/mol.